The molecule has 4 aromatic rings. The lowest BCUT2D eigenvalue weighted by Gasteiger charge is -2.59. The van der Waals surface area contributed by atoms with Crippen LogP contribution in [-0.2, 0) is 11.0 Å². The van der Waals surface area contributed by atoms with Crippen molar-refractivity contribution in [1.29, 1.82) is 0 Å². The first kappa shape index (κ1) is 37.9. The van der Waals surface area contributed by atoms with Gasteiger partial charge in [-0.3, -0.25) is 4.79 Å². The van der Waals surface area contributed by atoms with Crippen molar-refractivity contribution in [3.05, 3.63) is 59.3 Å². The van der Waals surface area contributed by atoms with E-state index < -0.39 is 40.8 Å². The summed E-state index contributed by atoms with van der Waals surface area (Å²) in [6.45, 7) is 1.27. The molecule has 1 aliphatic heterocycles. The number of nitrogens with one attached hydrogen (secondary N) is 1. The highest BCUT2D eigenvalue weighted by Gasteiger charge is 2.62. The lowest BCUT2D eigenvalue weighted by atomic mass is 9.48. The highest BCUT2D eigenvalue weighted by Crippen LogP contribution is 2.58. The normalized spacial score (nSPS) is 27.5. The molecule has 4 heterocycles. The minimum Gasteiger partial charge on any atom is -0.490 e. The predicted octanol–water partition coefficient (Wildman–Crippen LogP) is 8.37. The molecule has 6 aliphatic rings. The molecule has 57 heavy (non-hydrogen) atoms. The molecule has 6 fully saturated rings. The van der Waals surface area contributed by atoms with Gasteiger partial charge in [0.25, 0.3) is 5.91 Å². The summed E-state index contributed by atoms with van der Waals surface area (Å²) in [6, 6.07) is 4.80. The number of rotatable bonds is 8. The van der Waals surface area contributed by atoms with Crippen LogP contribution in [0.2, 0.25) is 5.02 Å². The number of hydrogen-bond donors (Lipinski definition) is 2. The number of carboxylic acid groups (broad SMARTS) is 1. The number of aromatic nitrogens is 5. The molecule has 10 rings (SSSR count). The maximum atomic E-state index is 14.8. The largest absolute Gasteiger partial charge is 0.490 e. The highest BCUT2D eigenvalue weighted by atomic mass is 35.5. The Bertz CT molecular complexity index is 2170. The molecule has 0 spiro atoms. The zero-order valence-corrected chi connectivity index (χ0v) is 31.6. The van der Waals surface area contributed by atoms with Crippen LogP contribution in [0.3, 0.4) is 0 Å². The third kappa shape index (κ3) is 6.94. The number of alkyl halides is 5. The zero-order valence-electron chi connectivity index (χ0n) is 30.8. The molecule has 11 nitrogen and oxygen atoms in total. The van der Waals surface area contributed by atoms with Crippen LogP contribution in [0.4, 0.5) is 27.9 Å². The number of ether oxygens (including phenoxy) is 1. The number of amides is 1. The van der Waals surface area contributed by atoms with E-state index in [9.17, 15) is 36.6 Å². The molecule has 1 aromatic carbocycles. The van der Waals surface area contributed by atoms with E-state index in [2.05, 4.69) is 25.3 Å². The van der Waals surface area contributed by atoms with Crippen LogP contribution in [-0.4, -0.2) is 72.1 Å². The third-order valence-corrected chi connectivity index (χ3v) is 13.4. The standard InChI is InChI=1S/C40H41ClF5N7O4/c41-25-17-48-37(49-18-25)52-9-5-27(6-10-52)57-28-1-2-29-31(20-53(32(29)16-28)26-3-7-38(42,43)8-4-26)34-47-19-30(33(50-34)40(44,45)46)35(54)51-39(36(55)56)23-12-21-11-22(14-23)15-24(39)13-21/h1-2,16-24,26-27H,3-15H2,(H,51,54)(H,55,56). The Kier molecular flexibility index (Phi) is 9.35. The Labute approximate surface area is 329 Å². The van der Waals surface area contributed by atoms with Gasteiger partial charge >= 0.3 is 12.1 Å². The number of benzene rings is 1. The van der Waals surface area contributed by atoms with E-state index in [0.717, 1.165) is 12.6 Å². The summed E-state index contributed by atoms with van der Waals surface area (Å²) in [5, 5.41) is 14.0. The van der Waals surface area contributed by atoms with Crippen LogP contribution in [0.1, 0.15) is 92.7 Å². The Morgan fingerprint density at radius 1 is 0.912 bits per heavy atom. The lowest BCUT2D eigenvalue weighted by Crippen LogP contribution is -2.70. The van der Waals surface area contributed by atoms with Crippen molar-refractivity contribution >= 4 is 40.3 Å². The fourth-order valence-electron chi connectivity index (χ4n) is 10.6. The van der Waals surface area contributed by atoms with Gasteiger partial charge in [0.15, 0.2) is 11.5 Å². The minimum absolute atomic E-state index is 0.148. The number of aliphatic carboxylic acids is 1. The maximum Gasteiger partial charge on any atom is 0.434 e. The number of anilines is 1. The van der Waals surface area contributed by atoms with Crippen molar-refractivity contribution in [2.75, 3.05) is 18.0 Å². The molecule has 0 atom stereocenters. The SMILES string of the molecule is O=C(NC1(C(=O)O)C2CC3CC(C2)CC1C3)c1cnc(-c2cn(C3CCC(F)(F)CC3)c3cc(OC4CCN(c5ncc(Cl)cn5)CC4)ccc23)nc1C(F)(F)F. The number of carbonyl (C=O) groups is 2. The van der Waals surface area contributed by atoms with Gasteiger partial charge in [-0.05, 0) is 80.8 Å². The number of hydrogen-bond acceptors (Lipinski definition) is 8. The van der Waals surface area contributed by atoms with Crippen molar-refractivity contribution in [3.63, 3.8) is 0 Å². The highest BCUT2D eigenvalue weighted by molar-refractivity contribution is 6.30. The van der Waals surface area contributed by atoms with E-state index in [0.29, 0.717) is 91.1 Å². The molecule has 1 saturated heterocycles. The van der Waals surface area contributed by atoms with E-state index in [-0.39, 0.29) is 61.1 Å². The van der Waals surface area contributed by atoms with Crippen LogP contribution in [0, 0.1) is 23.7 Å². The first-order chi connectivity index (χ1) is 27.2. The number of piperidine rings is 1. The number of carboxylic acids is 1. The number of halogens is 6. The van der Waals surface area contributed by atoms with Crippen LogP contribution in [0.5, 0.6) is 5.75 Å². The van der Waals surface area contributed by atoms with E-state index in [4.69, 9.17) is 16.3 Å². The summed E-state index contributed by atoms with van der Waals surface area (Å²) in [6.07, 6.45) is 4.64. The average molecular weight is 814 g/mol. The summed E-state index contributed by atoms with van der Waals surface area (Å²) in [7, 11) is 0. The second-order valence-corrected chi connectivity index (χ2v) is 17.0. The van der Waals surface area contributed by atoms with Gasteiger partial charge in [0.1, 0.15) is 17.4 Å². The van der Waals surface area contributed by atoms with Gasteiger partial charge in [0.2, 0.25) is 11.9 Å². The van der Waals surface area contributed by atoms with Crippen molar-refractivity contribution < 1.29 is 41.4 Å². The summed E-state index contributed by atoms with van der Waals surface area (Å²) in [5.74, 6) is -4.48. The first-order valence-electron chi connectivity index (χ1n) is 19.6. The number of nitrogens with zero attached hydrogens (tertiary/aromatic N) is 6. The second kappa shape index (κ2) is 14.0. The minimum atomic E-state index is -5.09. The first-order valence-corrected chi connectivity index (χ1v) is 20.0. The topological polar surface area (TPSA) is 135 Å². The van der Waals surface area contributed by atoms with Gasteiger partial charge < -0.3 is 24.6 Å². The molecule has 5 aliphatic carbocycles. The van der Waals surface area contributed by atoms with E-state index in [1.54, 1.807) is 29.0 Å². The summed E-state index contributed by atoms with van der Waals surface area (Å²) >= 11 is 5.94. The van der Waals surface area contributed by atoms with Crippen molar-refractivity contribution in [2.24, 2.45) is 23.7 Å². The zero-order chi connectivity index (χ0) is 39.9. The average Bonchev–Trinajstić information content (AvgIpc) is 3.54. The monoisotopic (exact) mass is 813 g/mol. The molecule has 0 unspecified atom stereocenters. The van der Waals surface area contributed by atoms with Crippen molar-refractivity contribution in [3.8, 4) is 17.1 Å². The summed E-state index contributed by atoms with van der Waals surface area (Å²) in [5.41, 5.74) is -3.22. The molecular formula is C40H41ClF5N7O4. The van der Waals surface area contributed by atoms with Gasteiger partial charge in [-0.2, -0.15) is 13.2 Å². The summed E-state index contributed by atoms with van der Waals surface area (Å²) in [4.78, 5) is 45.5. The van der Waals surface area contributed by atoms with E-state index in [1.807, 2.05) is 4.90 Å². The Morgan fingerprint density at radius 2 is 1.56 bits per heavy atom. The van der Waals surface area contributed by atoms with Crippen LogP contribution < -0.4 is 15.0 Å². The smallest absolute Gasteiger partial charge is 0.434 e. The molecule has 17 heteroatoms. The fraction of sp³-hybridized carbons (Fsp3) is 0.550. The maximum absolute atomic E-state index is 14.8. The fourth-order valence-corrected chi connectivity index (χ4v) is 10.7. The number of carbonyl (C=O) groups excluding carboxylic acids is 1. The Hall–Kier alpha value is -4.60. The number of fused-ring (bicyclic) bond motifs is 1. The molecular weight excluding hydrogens is 773 g/mol. The van der Waals surface area contributed by atoms with Gasteiger partial charge in [-0.1, -0.05) is 11.6 Å². The van der Waals surface area contributed by atoms with Gasteiger partial charge in [-0.15, -0.1) is 0 Å². The molecule has 5 saturated carbocycles. The van der Waals surface area contributed by atoms with Crippen LogP contribution in [0.25, 0.3) is 22.3 Å². The molecule has 3 aromatic heterocycles. The quantitative estimate of drug-likeness (QED) is 0.168. The molecule has 302 valence electrons. The van der Waals surface area contributed by atoms with E-state index >= 15 is 0 Å². The summed E-state index contributed by atoms with van der Waals surface area (Å²) < 4.78 is 81.2. The Balaban J connectivity index is 1.02. The van der Waals surface area contributed by atoms with Gasteiger partial charge in [-0.25, -0.2) is 33.5 Å². The third-order valence-electron chi connectivity index (χ3n) is 13.2. The Morgan fingerprint density at radius 3 is 2.18 bits per heavy atom. The van der Waals surface area contributed by atoms with Crippen molar-refractivity contribution in [1.82, 2.24) is 29.8 Å². The second-order valence-electron chi connectivity index (χ2n) is 16.6. The van der Waals surface area contributed by atoms with E-state index in [1.165, 1.54) is 12.4 Å². The van der Waals surface area contributed by atoms with Crippen LogP contribution >= 0.6 is 11.6 Å². The van der Waals surface area contributed by atoms with Crippen molar-refractivity contribution in [2.45, 2.75) is 100 Å². The van der Waals surface area contributed by atoms with Gasteiger partial charge in [0, 0.05) is 74.2 Å². The van der Waals surface area contributed by atoms with Gasteiger partial charge in [0.05, 0.1) is 28.5 Å². The van der Waals surface area contributed by atoms with Crippen LogP contribution in [0.15, 0.2) is 43.0 Å². The molecule has 1 amide bonds. The lowest BCUT2D eigenvalue weighted by molar-refractivity contribution is -0.163. The molecule has 4 bridgehead atoms. The molecule has 0 radical (unpaired) electrons. The predicted molar refractivity (Wildman–Crippen MR) is 198 cm³/mol. The molecule has 2 N–H and O–H groups in total.